The first-order valence-electron chi connectivity index (χ1n) is 15.6. The Labute approximate surface area is 280 Å². The highest BCUT2D eigenvalue weighted by Gasteiger charge is 2.53. The first-order valence-corrected chi connectivity index (χ1v) is 15.6. The third-order valence-electron chi connectivity index (χ3n) is 8.15. The van der Waals surface area contributed by atoms with Crippen LogP contribution in [0.5, 0.6) is 0 Å². The molecule has 282 valence electrons. The molecule has 3 aliphatic heterocycles. The fourth-order valence-corrected chi connectivity index (χ4v) is 5.36. The van der Waals surface area contributed by atoms with Crippen LogP contribution < -0.4 is 0 Å². The number of hydrogen-bond donors (Lipinski definition) is 8. The van der Waals surface area contributed by atoms with Gasteiger partial charge in [-0.05, 0) is 13.8 Å². The van der Waals surface area contributed by atoms with E-state index in [-0.39, 0.29) is 37.2 Å². The maximum atomic E-state index is 12.0. The van der Waals surface area contributed by atoms with Gasteiger partial charge < -0.3 is 88.3 Å². The number of aliphatic hydroxyl groups excluding tert-OH is 8. The molecule has 15 atom stereocenters. The lowest BCUT2D eigenvalue weighted by Crippen LogP contribution is -2.66. The molecular formula is C29H46O20. The third-order valence-corrected chi connectivity index (χ3v) is 8.15. The Morgan fingerprint density at radius 3 is 1.41 bits per heavy atom. The monoisotopic (exact) mass is 714 g/mol. The Kier molecular flexibility index (Phi) is 15.8. The highest BCUT2D eigenvalue weighted by molar-refractivity contribution is 5.81. The molecule has 8 N–H and O–H groups in total. The molecular weight excluding hydrogens is 668 g/mol. The van der Waals surface area contributed by atoms with Crippen LogP contribution in [0.1, 0.15) is 39.5 Å². The van der Waals surface area contributed by atoms with Gasteiger partial charge >= 0.3 is 11.9 Å². The number of rotatable bonds is 16. The number of ether oxygens (including phenoxy) is 8. The second-order valence-electron chi connectivity index (χ2n) is 11.9. The Balaban J connectivity index is 1.70. The summed E-state index contributed by atoms with van der Waals surface area (Å²) in [5.41, 5.74) is 0. The van der Waals surface area contributed by atoms with E-state index in [1.54, 1.807) is 0 Å². The Hall–Kier alpha value is -2.28. The molecule has 0 aliphatic carbocycles. The summed E-state index contributed by atoms with van der Waals surface area (Å²) in [4.78, 5) is 46.4. The molecule has 3 fully saturated rings. The Morgan fingerprint density at radius 2 is 0.959 bits per heavy atom. The van der Waals surface area contributed by atoms with Crippen LogP contribution in [0.2, 0.25) is 0 Å². The summed E-state index contributed by atoms with van der Waals surface area (Å²) < 4.78 is 43.2. The zero-order valence-electron chi connectivity index (χ0n) is 27.1. The molecule has 0 spiro atoms. The zero-order chi connectivity index (χ0) is 36.6. The van der Waals surface area contributed by atoms with Gasteiger partial charge in [0.15, 0.2) is 18.9 Å². The van der Waals surface area contributed by atoms with E-state index in [0.29, 0.717) is 0 Å². The molecule has 0 aromatic rings. The predicted molar refractivity (Wildman–Crippen MR) is 154 cm³/mol. The van der Waals surface area contributed by atoms with Gasteiger partial charge in [-0.3, -0.25) is 9.59 Å². The lowest BCUT2D eigenvalue weighted by molar-refractivity contribution is -0.378. The minimum atomic E-state index is -2.02. The van der Waals surface area contributed by atoms with Crippen molar-refractivity contribution in [3.63, 3.8) is 0 Å². The molecule has 15 unspecified atom stereocenters. The van der Waals surface area contributed by atoms with E-state index in [0.717, 1.165) is 0 Å². The van der Waals surface area contributed by atoms with E-state index in [1.165, 1.54) is 21.0 Å². The third kappa shape index (κ3) is 10.9. The summed E-state index contributed by atoms with van der Waals surface area (Å²) in [6, 6.07) is 0. The molecule has 0 radical (unpaired) electrons. The first-order chi connectivity index (χ1) is 23.1. The van der Waals surface area contributed by atoms with Gasteiger partial charge in [0, 0.05) is 20.0 Å². The van der Waals surface area contributed by atoms with E-state index in [2.05, 4.69) is 0 Å². The van der Waals surface area contributed by atoms with Gasteiger partial charge in [0.05, 0.1) is 19.4 Å². The summed E-state index contributed by atoms with van der Waals surface area (Å²) >= 11 is 0. The molecule has 49 heavy (non-hydrogen) atoms. The summed E-state index contributed by atoms with van der Waals surface area (Å²) in [5, 5.41) is 84.3. The summed E-state index contributed by atoms with van der Waals surface area (Å²) in [6.45, 7) is 0.546. The van der Waals surface area contributed by atoms with Crippen molar-refractivity contribution in [1.82, 2.24) is 0 Å². The smallest absolute Gasteiger partial charge is 0.306 e. The molecule has 3 rings (SSSR count). The van der Waals surface area contributed by atoms with Crippen LogP contribution in [0.25, 0.3) is 0 Å². The van der Waals surface area contributed by atoms with Crippen LogP contribution in [0, 0.1) is 0 Å². The van der Waals surface area contributed by atoms with Crippen LogP contribution in [-0.4, -0.2) is 183 Å². The van der Waals surface area contributed by atoms with Gasteiger partial charge in [0.2, 0.25) is 0 Å². The number of ketones is 2. The van der Waals surface area contributed by atoms with Crippen LogP contribution in [0.4, 0.5) is 0 Å². The van der Waals surface area contributed by atoms with Gasteiger partial charge in [-0.1, -0.05) is 0 Å². The molecule has 0 amide bonds. The molecule has 0 saturated carbocycles. The van der Waals surface area contributed by atoms with Crippen molar-refractivity contribution in [2.45, 2.75) is 132 Å². The van der Waals surface area contributed by atoms with Crippen molar-refractivity contribution in [2.75, 3.05) is 26.9 Å². The summed E-state index contributed by atoms with van der Waals surface area (Å²) in [6.07, 6.45) is -26.3. The van der Waals surface area contributed by atoms with Crippen LogP contribution in [-0.2, 0) is 57.1 Å². The number of methoxy groups -OCH3 is 1. The largest absolute Gasteiger partial charge is 0.463 e. The van der Waals surface area contributed by atoms with Crippen molar-refractivity contribution in [2.24, 2.45) is 0 Å². The van der Waals surface area contributed by atoms with Crippen molar-refractivity contribution in [1.29, 1.82) is 0 Å². The molecule has 3 saturated heterocycles. The maximum absolute atomic E-state index is 12.0. The topological polar surface area (TPSA) is 304 Å². The number of Topliss-reactive ketones (excluding diaryl/α,β-unsaturated/α-hetero) is 2. The fourth-order valence-electron chi connectivity index (χ4n) is 5.36. The molecule has 20 heteroatoms. The standard InChI is InChI=1S/C29H46O20/c1-11(31)4-6-16(33)43-9-14-24(42-3)19(36)22(39)29(47-14)48-25-13(8-30)46-28(23(40)20(25)37)49-26-15(45-27(41)21(38)18(26)35)10-44-17(34)7-5-12(2)32/h13-15,18-30,35-41H,4-10H2,1-3H3. The first kappa shape index (κ1) is 41.1. The van der Waals surface area contributed by atoms with Crippen LogP contribution >= 0.6 is 0 Å². The lowest BCUT2D eigenvalue weighted by Gasteiger charge is -2.48. The highest BCUT2D eigenvalue weighted by Crippen LogP contribution is 2.33. The van der Waals surface area contributed by atoms with Gasteiger partial charge in [-0.2, -0.15) is 0 Å². The van der Waals surface area contributed by atoms with E-state index in [4.69, 9.17) is 37.9 Å². The molecule has 3 heterocycles. The zero-order valence-corrected chi connectivity index (χ0v) is 27.1. The highest BCUT2D eigenvalue weighted by atomic mass is 16.8. The summed E-state index contributed by atoms with van der Waals surface area (Å²) in [7, 11) is 1.20. The van der Waals surface area contributed by atoms with Gasteiger partial charge in [0.1, 0.15) is 98.0 Å². The maximum Gasteiger partial charge on any atom is 0.306 e. The van der Waals surface area contributed by atoms with Crippen LogP contribution in [0.3, 0.4) is 0 Å². The van der Waals surface area contributed by atoms with Gasteiger partial charge in [-0.15, -0.1) is 0 Å². The van der Waals surface area contributed by atoms with Gasteiger partial charge in [0.25, 0.3) is 0 Å². The van der Waals surface area contributed by atoms with Crippen molar-refractivity contribution >= 4 is 23.5 Å². The average Bonchev–Trinajstić information content (AvgIpc) is 3.06. The lowest BCUT2D eigenvalue weighted by atomic mass is 9.96. The van der Waals surface area contributed by atoms with E-state index >= 15 is 0 Å². The normalized spacial score (nSPS) is 39.6. The van der Waals surface area contributed by atoms with Crippen molar-refractivity contribution in [3.8, 4) is 0 Å². The molecule has 3 aliphatic rings. The predicted octanol–water partition coefficient (Wildman–Crippen LogP) is -5.08. The summed E-state index contributed by atoms with van der Waals surface area (Å²) in [5.74, 6) is -2.08. The number of carbonyl (C=O) groups is 4. The Morgan fingerprint density at radius 1 is 0.551 bits per heavy atom. The van der Waals surface area contributed by atoms with E-state index < -0.39 is 124 Å². The minimum absolute atomic E-state index is 0.0636. The average molecular weight is 715 g/mol. The number of esters is 2. The van der Waals surface area contributed by atoms with Crippen molar-refractivity contribution < 1.29 is 97.9 Å². The number of hydrogen-bond acceptors (Lipinski definition) is 20. The molecule has 0 bridgehead atoms. The van der Waals surface area contributed by atoms with E-state index in [1.807, 2.05) is 0 Å². The van der Waals surface area contributed by atoms with Crippen LogP contribution in [0.15, 0.2) is 0 Å². The second-order valence-corrected chi connectivity index (χ2v) is 11.9. The number of carbonyl (C=O) groups excluding carboxylic acids is 4. The van der Waals surface area contributed by atoms with Crippen molar-refractivity contribution in [3.05, 3.63) is 0 Å². The van der Waals surface area contributed by atoms with E-state index in [9.17, 15) is 60.0 Å². The minimum Gasteiger partial charge on any atom is -0.463 e. The molecule has 20 nitrogen and oxygen atoms in total. The second kappa shape index (κ2) is 18.8. The van der Waals surface area contributed by atoms with Gasteiger partial charge in [-0.25, -0.2) is 0 Å². The molecule has 0 aromatic carbocycles. The quantitative estimate of drug-likeness (QED) is 0.0694. The SMILES string of the molecule is COC1C(COC(=O)CCC(C)=O)OC(OC2C(CO)OC(OC3C(COC(=O)CCC(C)=O)OC(O)C(O)C3O)C(O)C2O)C(O)C1O. The Bertz CT molecular complexity index is 1100. The molecule has 0 aromatic heterocycles. The number of aliphatic hydroxyl groups is 8. The fraction of sp³-hybridized carbons (Fsp3) is 0.862.